The summed E-state index contributed by atoms with van der Waals surface area (Å²) < 4.78 is 5.74. The minimum Gasteiger partial charge on any atom is -0.378 e. The number of rotatable bonds is 2. The van der Waals surface area contributed by atoms with E-state index in [-0.39, 0.29) is 11.5 Å². The number of piperazine rings is 1. The number of ether oxygens (including phenoxy) is 1. The van der Waals surface area contributed by atoms with Crippen LogP contribution in [-0.2, 0) is 9.53 Å². The molecule has 0 radical (unpaired) electrons. The monoisotopic (exact) mass is 335 g/mol. The summed E-state index contributed by atoms with van der Waals surface area (Å²) in [6.45, 7) is 10.8. The van der Waals surface area contributed by atoms with E-state index in [1.54, 1.807) is 0 Å². The van der Waals surface area contributed by atoms with Gasteiger partial charge < -0.3 is 9.64 Å². The number of carbonyl (C=O) groups is 1. The maximum atomic E-state index is 12.6. The number of nitrogens with zero attached hydrogens (tertiary/aromatic N) is 3. The highest BCUT2D eigenvalue weighted by Gasteiger charge is 2.55. The molecule has 1 unspecified atom stereocenters. The number of hydrogen-bond donors (Lipinski definition) is 0. The minimum absolute atomic E-state index is 0.0904. The van der Waals surface area contributed by atoms with Crippen molar-refractivity contribution in [2.45, 2.75) is 63.6 Å². The fraction of sp³-hybridized carbons (Fsp3) is 0.947. The predicted octanol–water partition coefficient (Wildman–Crippen LogP) is 1.57. The summed E-state index contributed by atoms with van der Waals surface area (Å²) in [7, 11) is 0. The molecular weight excluding hydrogens is 302 g/mol. The Balaban J connectivity index is 1.48. The van der Waals surface area contributed by atoms with Gasteiger partial charge in [0.05, 0.1) is 24.8 Å². The second kappa shape index (κ2) is 6.58. The van der Waals surface area contributed by atoms with Gasteiger partial charge in [-0.3, -0.25) is 14.6 Å². The molecule has 1 spiro atoms. The summed E-state index contributed by atoms with van der Waals surface area (Å²) in [6, 6.07) is 1.18. The average molecular weight is 335 g/mol. The van der Waals surface area contributed by atoms with Crippen molar-refractivity contribution in [2.75, 3.05) is 45.9 Å². The van der Waals surface area contributed by atoms with Gasteiger partial charge >= 0.3 is 0 Å². The first kappa shape index (κ1) is 16.8. The molecule has 24 heavy (non-hydrogen) atoms. The molecule has 1 atom stereocenters. The average Bonchev–Trinajstić information content (AvgIpc) is 2.58. The van der Waals surface area contributed by atoms with Crippen LogP contribution in [0.5, 0.6) is 0 Å². The molecule has 5 nitrogen and oxygen atoms in total. The lowest BCUT2D eigenvalue weighted by Gasteiger charge is -2.65. The van der Waals surface area contributed by atoms with Crippen LogP contribution >= 0.6 is 0 Å². The zero-order valence-corrected chi connectivity index (χ0v) is 15.4. The van der Waals surface area contributed by atoms with Crippen molar-refractivity contribution in [3.05, 3.63) is 0 Å². The van der Waals surface area contributed by atoms with Gasteiger partial charge in [0, 0.05) is 44.7 Å². The second-order valence-corrected chi connectivity index (χ2v) is 8.72. The lowest BCUT2D eigenvalue weighted by atomic mass is 9.79. The SMILES string of the molecule is CC(C)C(=O)N1CC2COCCN2C2(C1)CN(C1CCCCC1)C2. The van der Waals surface area contributed by atoms with Crippen LogP contribution in [0.3, 0.4) is 0 Å². The fourth-order valence-corrected chi connectivity index (χ4v) is 5.42. The van der Waals surface area contributed by atoms with Crippen LogP contribution in [0.25, 0.3) is 0 Å². The summed E-state index contributed by atoms with van der Waals surface area (Å²) in [5.74, 6) is 0.406. The summed E-state index contributed by atoms with van der Waals surface area (Å²) in [5, 5.41) is 0. The van der Waals surface area contributed by atoms with Crippen LogP contribution in [0.1, 0.15) is 46.0 Å². The second-order valence-electron chi connectivity index (χ2n) is 8.72. The Kier molecular flexibility index (Phi) is 4.61. The van der Waals surface area contributed by atoms with Crippen LogP contribution in [-0.4, -0.2) is 84.2 Å². The molecule has 1 aliphatic carbocycles. The van der Waals surface area contributed by atoms with Crippen molar-refractivity contribution >= 4 is 5.91 Å². The standard InChI is InChI=1S/C19H33N3O2/c1-15(2)18(23)20-10-17-11-24-9-8-22(17)19(12-20)13-21(14-19)16-6-4-3-5-7-16/h15-17H,3-14H2,1-2H3. The largest absolute Gasteiger partial charge is 0.378 e. The van der Waals surface area contributed by atoms with Crippen LogP contribution in [0.4, 0.5) is 0 Å². The maximum absolute atomic E-state index is 12.6. The summed E-state index contributed by atoms with van der Waals surface area (Å²) in [6.07, 6.45) is 6.95. The molecule has 4 rings (SSSR count). The number of amides is 1. The van der Waals surface area contributed by atoms with E-state index in [9.17, 15) is 4.79 Å². The quantitative estimate of drug-likeness (QED) is 0.767. The first-order valence-corrected chi connectivity index (χ1v) is 9.96. The molecule has 1 saturated carbocycles. The molecule has 3 saturated heterocycles. The lowest BCUT2D eigenvalue weighted by molar-refractivity contribution is -0.182. The van der Waals surface area contributed by atoms with E-state index in [2.05, 4.69) is 14.7 Å². The van der Waals surface area contributed by atoms with Crippen molar-refractivity contribution in [3.63, 3.8) is 0 Å². The molecule has 0 aromatic rings. The fourth-order valence-electron chi connectivity index (χ4n) is 5.42. The zero-order valence-electron chi connectivity index (χ0n) is 15.4. The summed E-state index contributed by atoms with van der Waals surface area (Å²) in [4.78, 5) is 20.2. The Labute approximate surface area is 146 Å². The number of hydrogen-bond acceptors (Lipinski definition) is 4. The molecule has 0 N–H and O–H groups in total. The molecule has 136 valence electrons. The summed E-state index contributed by atoms with van der Waals surface area (Å²) in [5.41, 5.74) is 0.189. The topological polar surface area (TPSA) is 36.0 Å². The number of likely N-dealkylation sites (tertiary alicyclic amines) is 1. The van der Waals surface area contributed by atoms with Gasteiger partial charge in [-0.15, -0.1) is 0 Å². The van der Waals surface area contributed by atoms with Crippen molar-refractivity contribution in [1.29, 1.82) is 0 Å². The molecule has 4 fully saturated rings. The van der Waals surface area contributed by atoms with E-state index in [0.717, 1.165) is 52.0 Å². The maximum Gasteiger partial charge on any atom is 0.225 e. The normalized spacial score (nSPS) is 32.0. The highest BCUT2D eigenvalue weighted by molar-refractivity contribution is 5.78. The van der Waals surface area contributed by atoms with Gasteiger partial charge in [0.1, 0.15) is 0 Å². The summed E-state index contributed by atoms with van der Waals surface area (Å²) >= 11 is 0. The van der Waals surface area contributed by atoms with E-state index in [1.807, 2.05) is 13.8 Å². The molecule has 0 aromatic carbocycles. The Morgan fingerprint density at radius 1 is 1.08 bits per heavy atom. The highest BCUT2D eigenvalue weighted by Crippen LogP contribution is 2.39. The van der Waals surface area contributed by atoms with Crippen molar-refractivity contribution in [3.8, 4) is 0 Å². The van der Waals surface area contributed by atoms with Gasteiger partial charge in [-0.05, 0) is 12.8 Å². The van der Waals surface area contributed by atoms with E-state index in [0.29, 0.717) is 11.9 Å². The molecule has 3 heterocycles. The van der Waals surface area contributed by atoms with Gasteiger partial charge in [-0.2, -0.15) is 0 Å². The first-order chi connectivity index (χ1) is 11.6. The predicted molar refractivity (Wildman–Crippen MR) is 93.9 cm³/mol. The molecule has 4 aliphatic rings. The van der Waals surface area contributed by atoms with Crippen LogP contribution in [0.2, 0.25) is 0 Å². The van der Waals surface area contributed by atoms with Gasteiger partial charge in [0.25, 0.3) is 0 Å². The van der Waals surface area contributed by atoms with Crippen molar-refractivity contribution in [2.24, 2.45) is 5.92 Å². The van der Waals surface area contributed by atoms with Crippen LogP contribution in [0, 0.1) is 5.92 Å². The Bertz CT molecular complexity index is 469. The molecule has 0 aromatic heterocycles. The zero-order chi connectivity index (χ0) is 16.7. The van der Waals surface area contributed by atoms with E-state index in [1.165, 1.54) is 32.1 Å². The lowest BCUT2D eigenvalue weighted by Crippen LogP contribution is -2.81. The highest BCUT2D eigenvalue weighted by atomic mass is 16.5. The molecule has 1 amide bonds. The number of carbonyl (C=O) groups excluding carboxylic acids is 1. The smallest absolute Gasteiger partial charge is 0.225 e. The van der Waals surface area contributed by atoms with E-state index < -0.39 is 0 Å². The third-order valence-electron chi connectivity index (χ3n) is 6.64. The third-order valence-corrected chi connectivity index (χ3v) is 6.64. The first-order valence-electron chi connectivity index (χ1n) is 9.96. The third kappa shape index (κ3) is 2.89. The Morgan fingerprint density at radius 2 is 1.83 bits per heavy atom. The van der Waals surface area contributed by atoms with Crippen LogP contribution < -0.4 is 0 Å². The van der Waals surface area contributed by atoms with Crippen molar-refractivity contribution in [1.82, 2.24) is 14.7 Å². The van der Waals surface area contributed by atoms with Gasteiger partial charge in [0.15, 0.2) is 0 Å². The Morgan fingerprint density at radius 3 is 2.54 bits per heavy atom. The molecule has 3 aliphatic heterocycles. The van der Waals surface area contributed by atoms with Crippen LogP contribution in [0.15, 0.2) is 0 Å². The Hall–Kier alpha value is -0.650. The van der Waals surface area contributed by atoms with E-state index in [4.69, 9.17) is 4.74 Å². The van der Waals surface area contributed by atoms with E-state index >= 15 is 0 Å². The molecule has 5 heteroatoms. The number of morpholine rings is 1. The number of fused-ring (bicyclic) bond motifs is 2. The molecular formula is C19H33N3O2. The minimum atomic E-state index is 0.0904. The molecule has 0 bridgehead atoms. The van der Waals surface area contributed by atoms with Gasteiger partial charge in [-0.1, -0.05) is 33.1 Å². The van der Waals surface area contributed by atoms with Gasteiger partial charge in [0.2, 0.25) is 5.91 Å². The van der Waals surface area contributed by atoms with Gasteiger partial charge in [-0.25, -0.2) is 0 Å². The van der Waals surface area contributed by atoms with Crippen molar-refractivity contribution < 1.29 is 9.53 Å².